The van der Waals surface area contributed by atoms with Crippen LogP contribution < -0.4 is 14.8 Å². The number of methoxy groups -OCH3 is 2. The molecule has 2 aromatic rings. The third-order valence-electron chi connectivity index (χ3n) is 5.04. The summed E-state index contributed by atoms with van der Waals surface area (Å²) in [5.41, 5.74) is 4.32. The van der Waals surface area contributed by atoms with Gasteiger partial charge in [0, 0.05) is 37.3 Å². The van der Waals surface area contributed by atoms with Crippen LogP contribution in [0.25, 0.3) is 0 Å². The Kier molecular flexibility index (Phi) is 6.71. The van der Waals surface area contributed by atoms with Crippen LogP contribution in [0.2, 0.25) is 0 Å². The molecule has 28 heavy (non-hydrogen) atoms. The van der Waals surface area contributed by atoms with Gasteiger partial charge in [0.2, 0.25) is 5.91 Å². The van der Waals surface area contributed by atoms with E-state index in [1.807, 2.05) is 24.3 Å². The molecule has 1 amide bonds. The highest BCUT2D eigenvalue weighted by molar-refractivity contribution is 5.93. The number of rotatable bonds is 7. The van der Waals surface area contributed by atoms with Crippen molar-refractivity contribution in [3.05, 3.63) is 70.8 Å². The monoisotopic (exact) mass is 380 g/mol. The molecule has 0 saturated carbocycles. The van der Waals surface area contributed by atoms with Gasteiger partial charge >= 0.3 is 0 Å². The summed E-state index contributed by atoms with van der Waals surface area (Å²) < 4.78 is 10.6. The van der Waals surface area contributed by atoms with Crippen molar-refractivity contribution in [1.29, 1.82) is 0 Å². The molecule has 148 valence electrons. The summed E-state index contributed by atoms with van der Waals surface area (Å²) >= 11 is 0. The molecule has 0 aromatic heterocycles. The van der Waals surface area contributed by atoms with Gasteiger partial charge in [-0.25, -0.2) is 0 Å². The standard InChI is InChI=1S/C23H28N2O3/c1-17-4-6-18(7-5-17)16-25-12-10-19(11-13-25)23(26)24-15-20-14-21(27-2)8-9-22(20)28-3/h4-10,14H,11-13,15-16H2,1-3H3,(H,24,26). The van der Waals surface area contributed by atoms with Crippen LogP contribution in [-0.4, -0.2) is 38.1 Å². The van der Waals surface area contributed by atoms with Crippen LogP contribution in [0, 0.1) is 6.92 Å². The van der Waals surface area contributed by atoms with Crippen molar-refractivity contribution in [1.82, 2.24) is 10.2 Å². The quantitative estimate of drug-likeness (QED) is 0.799. The van der Waals surface area contributed by atoms with Crippen LogP contribution >= 0.6 is 0 Å². The number of carbonyl (C=O) groups is 1. The first kappa shape index (κ1) is 20.0. The van der Waals surface area contributed by atoms with E-state index < -0.39 is 0 Å². The molecule has 0 radical (unpaired) electrons. The van der Waals surface area contributed by atoms with Crippen LogP contribution in [0.3, 0.4) is 0 Å². The maximum Gasteiger partial charge on any atom is 0.247 e. The van der Waals surface area contributed by atoms with E-state index in [0.717, 1.165) is 48.7 Å². The number of hydrogen-bond acceptors (Lipinski definition) is 4. The van der Waals surface area contributed by atoms with Crippen molar-refractivity contribution >= 4 is 5.91 Å². The van der Waals surface area contributed by atoms with E-state index in [9.17, 15) is 4.79 Å². The first-order valence-electron chi connectivity index (χ1n) is 9.55. The van der Waals surface area contributed by atoms with E-state index in [2.05, 4.69) is 41.4 Å². The van der Waals surface area contributed by atoms with E-state index in [1.54, 1.807) is 14.2 Å². The summed E-state index contributed by atoms with van der Waals surface area (Å²) in [4.78, 5) is 14.9. The van der Waals surface area contributed by atoms with Crippen molar-refractivity contribution < 1.29 is 14.3 Å². The van der Waals surface area contributed by atoms with Crippen LogP contribution in [0.4, 0.5) is 0 Å². The average molecular weight is 380 g/mol. The largest absolute Gasteiger partial charge is 0.497 e. The highest BCUT2D eigenvalue weighted by Gasteiger charge is 2.17. The van der Waals surface area contributed by atoms with Crippen LogP contribution in [0.15, 0.2) is 54.1 Å². The van der Waals surface area contributed by atoms with Gasteiger partial charge in [-0.2, -0.15) is 0 Å². The molecule has 0 unspecified atom stereocenters. The third-order valence-corrected chi connectivity index (χ3v) is 5.04. The smallest absolute Gasteiger partial charge is 0.247 e. The normalized spacial score (nSPS) is 14.3. The number of nitrogens with one attached hydrogen (secondary N) is 1. The molecule has 0 saturated heterocycles. The van der Waals surface area contributed by atoms with Crippen LogP contribution in [0.1, 0.15) is 23.1 Å². The van der Waals surface area contributed by atoms with Gasteiger partial charge < -0.3 is 14.8 Å². The van der Waals surface area contributed by atoms with Gasteiger partial charge in [0.25, 0.3) is 0 Å². The zero-order valence-electron chi connectivity index (χ0n) is 16.8. The molecule has 1 aliphatic heterocycles. The minimum atomic E-state index is -0.0140. The summed E-state index contributed by atoms with van der Waals surface area (Å²) in [6.45, 7) is 5.09. The summed E-state index contributed by atoms with van der Waals surface area (Å²) in [6, 6.07) is 14.2. The number of carbonyl (C=O) groups excluding carboxylic acids is 1. The van der Waals surface area contributed by atoms with Crippen LogP contribution in [-0.2, 0) is 17.9 Å². The van der Waals surface area contributed by atoms with E-state index in [-0.39, 0.29) is 5.91 Å². The highest BCUT2D eigenvalue weighted by Crippen LogP contribution is 2.24. The molecule has 1 N–H and O–H groups in total. The summed E-state index contributed by atoms with van der Waals surface area (Å²) in [5.74, 6) is 1.47. The Morgan fingerprint density at radius 2 is 1.89 bits per heavy atom. The Morgan fingerprint density at radius 3 is 2.54 bits per heavy atom. The van der Waals surface area contributed by atoms with Gasteiger partial charge in [-0.3, -0.25) is 9.69 Å². The first-order valence-corrected chi connectivity index (χ1v) is 9.55. The van der Waals surface area contributed by atoms with E-state index in [4.69, 9.17) is 9.47 Å². The number of ether oxygens (including phenoxy) is 2. The second-order valence-corrected chi connectivity index (χ2v) is 7.06. The van der Waals surface area contributed by atoms with Crippen molar-refractivity contribution in [3.63, 3.8) is 0 Å². The fourth-order valence-corrected chi connectivity index (χ4v) is 3.32. The number of hydrogen-bond donors (Lipinski definition) is 1. The lowest BCUT2D eigenvalue weighted by Gasteiger charge is -2.26. The van der Waals surface area contributed by atoms with Crippen LogP contribution in [0.5, 0.6) is 11.5 Å². The zero-order chi connectivity index (χ0) is 19.9. The summed E-state index contributed by atoms with van der Waals surface area (Å²) in [7, 11) is 3.25. The molecule has 5 nitrogen and oxygen atoms in total. The van der Waals surface area contributed by atoms with Gasteiger partial charge in [0.15, 0.2) is 0 Å². The molecule has 0 fully saturated rings. The second-order valence-electron chi connectivity index (χ2n) is 7.06. The fourth-order valence-electron chi connectivity index (χ4n) is 3.32. The maximum absolute atomic E-state index is 12.6. The van der Waals surface area contributed by atoms with Gasteiger partial charge in [-0.1, -0.05) is 35.9 Å². The Hall–Kier alpha value is -2.79. The summed E-state index contributed by atoms with van der Waals surface area (Å²) in [5, 5.41) is 3.00. The lowest BCUT2D eigenvalue weighted by Crippen LogP contribution is -2.33. The zero-order valence-corrected chi connectivity index (χ0v) is 16.8. The Morgan fingerprint density at radius 1 is 1.11 bits per heavy atom. The second kappa shape index (κ2) is 9.42. The molecule has 5 heteroatoms. The van der Waals surface area contributed by atoms with Crippen molar-refractivity contribution in [2.24, 2.45) is 0 Å². The Bertz CT molecular complexity index is 843. The first-order chi connectivity index (χ1) is 13.6. The minimum Gasteiger partial charge on any atom is -0.497 e. The molecular weight excluding hydrogens is 352 g/mol. The minimum absolute atomic E-state index is 0.0140. The molecule has 0 spiro atoms. The van der Waals surface area contributed by atoms with E-state index in [1.165, 1.54) is 11.1 Å². The van der Waals surface area contributed by atoms with E-state index >= 15 is 0 Å². The molecule has 0 atom stereocenters. The summed E-state index contributed by atoms with van der Waals surface area (Å²) in [6.07, 6.45) is 2.79. The van der Waals surface area contributed by atoms with Gasteiger partial charge in [-0.15, -0.1) is 0 Å². The number of nitrogens with zero attached hydrogens (tertiary/aromatic N) is 1. The van der Waals surface area contributed by atoms with Crippen molar-refractivity contribution in [2.75, 3.05) is 27.3 Å². The number of benzene rings is 2. The predicted molar refractivity (Wildman–Crippen MR) is 111 cm³/mol. The Balaban J connectivity index is 1.54. The van der Waals surface area contributed by atoms with Gasteiger partial charge in [0.05, 0.1) is 14.2 Å². The molecule has 2 aromatic carbocycles. The lowest BCUT2D eigenvalue weighted by atomic mass is 10.1. The molecule has 0 aliphatic carbocycles. The lowest BCUT2D eigenvalue weighted by molar-refractivity contribution is -0.118. The van der Waals surface area contributed by atoms with Gasteiger partial charge in [0.1, 0.15) is 11.5 Å². The predicted octanol–water partition coefficient (Wildman–Crippen LogP) is 3.46. The fraction of sp³-hybridized carbons (Fsp3) is 0.348. The maximum atomic E-state index is 12.6. The molecule has 1 aliphatic rings. The third kappa shape index (κ3) is 5.14. The number of amides is 1. The van der Waals surface area contributed by atoms with Gasteiger partial charge in [-0.05, 0) is 37.1 Å². The van der Waals surface area contributed by atoms with Crippen molar-refractivity contribution in [3.8, 4) is 11.5 Å². The topological polar surface area (TPSA) is 50.8 Å². The molecular formula is C23H28N2O3. The highest BCUT2D eigenvalue weighted by atomic mass is 16.5. The SMILES string of the molecule is COc1ccc(OC)c(CNC(=O)C2=CCN(Cc3ccc(C)cc3)CC2)c1. The number of aryl methyl sites for hydroxylation is 1. The molecule has 3 rings (SSSR count). The average Bonchev–Trinajstić information content (AvgIpc) is 2.74. The van der Waals surface area contributed by atoms with E-state index in [0.29, 0.717) is 6.54 Å². The molecule has 1 heterocycles. The molecule has 0 bridgehead atoms. The Labute approximate surface area is 167 Å². The van der Waals surface area contributed by atoms with Crippen molar-refractivity contribution in [2.45, 2.75) is 26.4 Å².